The molecule has 0 aromatic carbocycles. The third kappa shape index (κ3) is 3.54. The number of aromatic nitrogens is 1. The van der Waals surface area contributed by atoms with Crippen LogP contribution in [0, 0.1) is 5.92 Å². The fourth-order valence-corrected chi connectivity index (χ4v) is 2.55. The van der Waals surface area contributed by atoms with Crippen LogP contribution in [0.25, 0.3) is 0 Å². The van der Waals surface area contributed by atoms with Gasteiger partial charge in [-0.15, -0.1) is 0 Å². The fraction of sp³-hybridized carbons (Fsp3) is 0.533. The standard InChI is InChI=1S/C15H19N3O4/c19-14(20)11-3-4-12(16-7-11)8-17-15(21)18-5-6-22-13(9-18)10-1-2-10/h3-4,7,10,13H,1-2,5-6,8-9H2,(H,17,21)(H,19,20). The van der Waals surface area contributed by atoms with Gasteiger partial charge >= 0.3 is 12.0 Å². The van der Waals surface area contributed by atoms with Gasteiger partial charge < -0.3 is 20.1 Å². The molecule has 2 fully saturated rings. The molecule has 2 amide bonds. The summed E-state index contributed by atoms with van der Waals surface area (Å²) in [7, 11) is 0. The quantitative estimate of drug-likeness (QED) is 0.869. The smallest absolute Gasteiger partial charge is 0.337 e. The molecule has 1 unspecified atom stereocenters. The molecule has 2 N–H and O–H groups in total. The van der Waals surface area contributed by atoms with E-state index in [0.29, 0.717) is 31.3 Å². The summed E-state index contributed by atoms with van der Waals surface area (Å²) in [5, 5.41) is 11.6. The highest BCUT2D eigenvalue weighted by molar-refractivity contribution is 5.87. The van der Waals surface area contributed by atoms with Crippen LogP contribution in [-0.4, -0.2) is 52.8 Å². The maximum absolute atomic E-state index is 12.2. The normalized spacial score (nSPS) is 21.5. The van der Waals surface area contributed by atoms with Gasteiger partial charge in [-0.3, -0.25) is 4.98 Å². The molecule has 0 bridgehead atoms. The van der Waals surface area contributed by atoms with Gasteiger partial charge in [0.1, 0.15) is 0 Å². The highest BCUT2D eigenvalue weighted by Gasteiger charge is 2.36. The Morgan fingerprint density at radius 2 is 2.23 bits per heavy atom. The summed E-state index contributed by atoms with van der Waals surface area (Å²) in [6.45, 7) is 2.10. The molecular formula is C15H19N3O4. The minimum absolute atomic E-state index is 0.127. The van der Waals surface area contributed by atoms with E-state index in [2.05, 4.69) is 10.3 Å². The van der Waals surface area contributed by atoms with Gasteiger partial charge in [0.05, 0.1) is 30.5 Å². The average molecular weight is 305 g/mol. The third-order valence-electron chi connectivity index (χ3n) is 4.02. The Labute approximate surface area is 128 Å². The van der Waals surface area contributed by atoms with Crippen LogP contribution in [0.4, 0.5) is 4.79 Å². The molecule has 1 aliphatic heterocycles. The molecule has 1 aliphatic carbocycles. The van der Waals surface area contributed by atoms with Crippen molar-refractivity contribution in [3.63, 3.8) is 0 Å². The number of carbonyl (C=O) groups is 2. The first-order valence-corrected chi connectivity index (χ1v) is 7.46. The van der Waals surface area contributed by atoms with Crippen molar-refractivity contribution in [2.24, 2.45) is 5.92 Å². The van der Waals surface area contributed by atoms with E-state index in [1.54, 1.807) is 11.0 Å². The predicted octanol–water partition coefficient (Wildman–Crippen LogP) is 1.10. The lowest BCUT2D eigenvalue weighted by Gasteiger charge is -2.33. The molecule has 2 aliphatic rings. The van der Waals surface area contributed by atoms with Crippen molar-refractivity contribution in [3.05, 3.63) is 29.6 Å². The fourth-order valence-electron chi connectivity index (χ4n) is 2.55. The SMILES string of the molecule is O=C(O)c1ccc(CNC(=O)N2CCOC(C3CC3)C2)nc1. The molecule has 22 heavy (non-hydrogen) atoms. The van der Waals surface area contributed by atoms with Gasteiger partial charge in [0.2, 0.25) is 0 Å². The van der Waals surface area contributed by atoms with Crippen molar-refractivity contribution in [3.8, 4) is 0 Å². The maximum Gasteiger partial charge on any atom is 0.337 e. The molecule has 7 heteroatoms. The summed E-state index contributed by atoms with van der Waals surface area (Å²) in [5.74, 6) is -0.400. The van der Waals surface area contributed by atoms with Gasteiger partial charge in [-0.05, 0) is 30.9 Å². The summed E-state index contributed by atoms with van der Waals surface area (Å²) >= 11 is 0. The second kappa shape index (κ2) is 6.31. The Kier molecular flexibility index (Phi) is 4.24. The summed E-state index contributed by atoms with van der Waals surface area (Å²) in [5.41, 5.74) is 0.765. The lowest BCUT2D eigenvalue weighted by atomic mass is 10.2. The van der Waals surface area contributed by atoms with Crippen LogP contribution < -0.4 is 5.32 Å². The summed E-state index contributed by atoms with van der Waals surface area (Å²) in [6.07, 6.45) is 3.86. The van der Waals surface area contributed by atoms with E-state index in [-0.39, 0.29) is 24.2 Å². The van der Waals surface area contributed by atoms with Gasteiger partial charge in [0, 0.05) is 19.3 Å². The van der Waals surface area contributed by atoms with Crippen LogP contribution in [0.5, 0.6) is 0 Å². The van der Waals surface area contributed by atoms with Gasteiger partial charge in [-0.25, -0.2) is 9.59 Å². The average Bonchev–Trinajstić information content (AvgIpc) is 3.38. The van der Waals surface area contributed by atoms with Crippen molar-refractivity contribution in [1.29, 1.82) is 0 Å². The number of pyridine rings is 1. The number of carbonyl (C=O) groups excluding carboxylic acids is 1. The number of carboxylic acids is 1. The first-order chi connectivity index (χ1) is 10.6. The van der Waals surface area contributed by atoms with Gasteiger partial charge in [0.15, 0.2) is 0 Å². The van der Waals surface area contributed by atoms with Crippen LogP contribution >= 0.6 is 0 Å². The van der Waals surface area contributed by atoms with E-state index in [4.69, 9.17) is 9.84 Å². The number of nitrogens with zero attached hydrogens (tertiary/aromatic N) is 2. The lowest BCUT2D eigenvalue weighted by Crippen LogP contribution is -2.50. The van der Waals surface area contributed by atoms with Crippen molar-refractivity contribution in [1.82, 2.24) is 15.2 Å². The Hall–Kier alpha value is -2.15. The van der Waals surface area contributed by atoms with E-state index in [1.807, 2.05) is 0 Å². The van der Waals surface area contributed by atoms with Crippen molar-refractivity contribution < 1.29 is 19.4 Å². The number of rotatable bonds is 4. The van der Waals surface area contributed by atoms with Crippen molar-refractivity contribution in [2.45, 2.75) is 25.5 Å². The Bertz CT molecular complexity index is 556. The monoisotopic (exact) mass is 305 g/mol. The van der Waals surface area contributed by atoms with Crippen molar-refractivity contribution in [2.75, 3.05) is 19.7 Å². The molecule has 1 saturated carbocycles. The molecule has 0 radical (unpaired) electrons. The van der Waals surface area contributed by atoms with Crippen LogP contribution in [0.2, 0.25) is 0 Å². The highest BCUT2D eigenvalue weighted by atomic mass is 16.5. The Morgan fingerprint density at radius 1 is 1.41 bits per heavy atom. The second-order valence-electron chi connectivity index (χ2n) is 5.69. The Balaban J connectivity index is 1.49. The molecule has 1 saturated heterocycles. The number of hydrogen-bond donors (Lipinski definition) is 2. The zero-order valence-electron chi connectivity index (χ0n) is 12.2. The van der Waals surface area contributed by atoms with E-state index in [1.165, 1.54) is 25.1 Å². The van der Waals surface area contributed by atoms with E-state index in [9.17, 15) is 9.59 Å². The minimum Gasteiger partial charge on any atom is -0.478 e. The van der Waals surface area contributed by atoms with Gasteiger partial charge in [-0.2, -0.15) is 0 Å². The van der Waals surface area contributed by atoms with Crippen LogP contribution in [0.3, 0.4) is 0 Å². The number of hydrogen-bond acceptors (Lipinski definition) is 4. The van der Waals surface area contributed by atoms with Crippen LogP contribution in [0.15, 0.2) is 18.3 Å². The molecule has 0 spiro atoms. The molecule has 1 aromatic heterocycles. The largest absolute Gasteiger partial charge is 0.478 e. The number of amides is 2. The highest BCUT2D eigenvalue weighted by Crippen LogP contribution is 2.35. The molecule has 7 nitrogen and oxygen atoms in total. The van der Waals surface area contributed by atoms with E-state index in [0.717, 1.165) is 0 Å². The first-order valence-electron chi connectivity index (χ1n) is 7.46. The zero-order chi connectivity index (χ0) is 15.5. The van der Waals surface area contributed by atoms with Crippen molar-refractivity contribution >= 4 is 12.0 Å². The lowest BCUT2D eigenvalue weighted by molar-refractivity contribution is -0.0252. The van der Waals surface area contributed by atoms with Gasteiger partial charge in [-0.1, -0.05) is 0 Å². The topological polar surface area (TPSA) is 91.8 Å². The predicted molar refractivity (Wildman–Crippen MR) is 77.5 cm³/mol. The summed E-state index contributed by atoms with van der Waals surface area (Å²) in [6, 6.07) is 2.96. The number of nitrogens with one attached hydrogen (secondary N) is 1. The molecule has 3 rings (SSSR count). The molecule has 2 heterocycles. The molecular weight excluding hydrogens is 286 g/mol. The number of urea groups is 1. The van der Waals surface area contributed by atoms with Crippen LogP contribution in [0.1, 0.15) is 28.9 Å². The van der Waals surface area contributed by atoms with Crippen LogP contribution in [-0.2, 0) is 11.3 Å². The second-order valence-corrected chi connectivity index (χ2v) is 5.69. The first kappa shape index (κ1) is 14.8. The molecule has 118 valence electrons. The number of carboxylic acid groups (broad SMARTS) is 1. The summed E-state index contributed by atoms with van der Waals surface area (Å²) in [4.78, 5) is 28.7. The molecule has 1 aromatic rings. The van der Waals surface area contributed by atoms with E-state index >= 15 is 0 Å². The van der Waals surface area contributed by atoms with E-state index < -0.39 is 5.97 Å². The van der Waals surface area contributed by atoms with Gasteiger partial charge in [0.25, 0.3) is 0 Å². The number of aromatic carboxylic acids is 1. The number of morpholine rings is 1. The molecule has 1 atom stereocenters. The summed E-state index contributed by atoms with van der Waals surface area (Å²) < 4.78 is 5.69. The maximum atomic E-state index is 12.2. The third-order valence-corrected chi connectivity index (χ3v) is 4.02. The Morgan fingerprint density at radius 3 is 2.86 bits per heavy atom. The minimum atomic E-state index is -1.01. The number of ether oxygens (including phenoxy) is 1. The zero-order valence-corrected chi connectivity index (χ0v) is 12.2.